The summed E-state index contributed by atoms with van der Waals surface area (Å²) in [5.41, 5.74) is 5.49. The molecule has 62 valence electrons. The number of nitrogens with two attached hydrogens (primary N) is 1. The molecular formula is C8H20N2. The Labute approximate surface area is 64.4 Å². The predicted molar refractivity (Wildman–Crippen MR) is 45.8 cm³/mol. The van der Waals surface area contributed by atoms with Gasteiger partial charge in [0.15, 0.2) is 0 Å². The highest BCUT2D eigenvalue weighted by atomic mass is 15.2. The second-order valence-electron chi connectivity index (χ2n) is 2.60. The van der Waals surface area contributed by atoms with Gasteiger partial charge in [-0.1, -0.05) is 26.7 Å². The Morgan fingerprint density at radius 3 is 2.30 bits per heavy atom. The van der Waals surface area contributed by atoms with Gasteiger partial charge in [0.1, 0.15) is 0 Å². The third-order valence-corrected chi connectivity index (χ3v) is 1.78. The molecule has 0 bridgehead atoms. The van der Waals surface area contributed by atoms with Crippen LogP contribution in [-0.4, -0.2) is 24.7 Å². The zero-order chi connectivity index (χ0) is 7.82. The first-order chi connectivity index (χ1) is 4.85. The van der Waals surface area contributed by atoms with E-state index in [1.165, 1.54) is 25.8 Å². The van der Waals surface area contributed by atoms with E-state index < -0.39 is 0 Å². The Morgan fingerprint density at radius 2 is 1.90 bits per heavy atom. The third kappa shape index (κ3) is 4.77. The lowest BCUT2D eigenvalue weighted by atomic mass is 10.2. The molecule has 0 aliphatic rings. The maximum Gasteiger partial charge on any atom is 0.0455 e. The van der Waals surface area contributed by atoms with Crippen LogP contribution in [0.3, 0.4) is 0 Å². The quantitative estimate of drug-likeness (QED) is 0.451. The van der Waals surface area contributed by atoms with Crippen molar-refractivity contribution in [3.63, 3.8) is 0 Å². The van der Waals surface area contributed by atoms with E-state index >= 15 is 0 Å². The molecule has 2 N–H and O–H groups in total. The Bertz CT molecular complexity index is 60.3. The lowest BCUT2D eigenvalue weighted by molar-refractivity contribution is 0.290. The van der Waals surface area contributed by atoms with Gasteiger partial charge in [-0.2, -0.15) is 0 Å². The summed E-state index contributed by atoms with van der Waals surface area (Å²) in [4.78, 5) is 2.26. The summed E-state index contributed by atoms with van der Waals surface area (Å²) in [5.74, 6) is 0. The molecule has 0 aromatic rings. The molecule has 0 aliphatic heterocycles. The molecule has 0 atom stereocenters. The molecule has 0 fully saturated rings. The molecule has 0 saturated heterocycles. The Hall–Kier alpha value is -0.0800. The molecule has 0 aromatic heterocycles. The van der Waals surface area contributed by atoms with E-state index in [1.54, 1.807) is 0 Å². The maximum atomic E-state index is 5.49. The third-order valence-electron chi connectivity index (χ3n) is 1.78. The molecule has 0 radical (unpaired) electrons. The van der Waals surface area contributed by atoms with Crippen LogP contribution < -0.4 is 5.73 Å². The fourth-order valence-electron chi connectivity index (χ4n) is 0.964. The minimum Gasteiger partial charge on any atom is -0.318 e. The van der Waals surface area contributed by atoms with Crippen molar-refractivity contribution in [2.45, 2.75) is 33.1 Å². The molecule has 2 nitrogen and oxygen atoms in total. The summed E-state index contributed by atoms with van der Waals surface area (Å²) in [6.45, 7) is 7.33. The number of unbranched alkanes of at least 4 members (excludes halogenated alkanes) is 2. The van der Waals surface area contributed by atoms with Crippen LogP contribution in [0.25, 0.3) is 0 Å². The highest BCUT2D eigenvalue weighted by Crippen LogP contribution is 1.95. The summed E-state index contributed by atoms with van der Waals surface area (Å²) in [6, 6.07) is 0. The van der Waals surface area contributed by atoms with E-state index in [0.29, 0.717) is 6.67 Å². The molecule has 0 aliphatic carbocycles. The predicted octanol–water partition coefficient (Wildman–Crippen LogP) is 1.41. The summed E-state index contributed by atoms with van der Waals surface area (Å²) < 4.78 is 0. The second-order valence-corrected chi connectivity index (χ2v) is 2.60. The first-order valence-corrected chi connectivity index (χ1v) is 4.27. The fourth-order valence-corrected chi connectivity index (χ4v) is 0.964. The summed E-state index contributed by atoms with van der Waals surface area (Å²) >= 11 is 0. The van der Waals surface area contributed by atoms with Gasteiger partial charge < -0.3 is 5.73 Å². The second kappa shape index (κ2) is 7.03. The number of rotatable bonds is 6. The van der Waals surface area contributed by atoms with Gasteiger partial charge in [0.25, 0.3) is 0 Å². The van der Waals surface area contributed by atoms with Gasteiger partial charge in [-0.15, -0.1) is 0 Å². The highest BCUT2D eigenvalue weighted by molar-refractivity contribution is 4.50. The summed E-state index contributed by atoms with van der Waals surface area (Å²) in [5, 5.41) is 0. The van der Waals surface area contributed by atoms with Crippen LogP contribution >= 0.6 is 0 Å². The Morgan fingerprint density at radius 1 is 1.20 bits per heavy atom. The molecule has 0 aromatic carbocycles. The molecule has 0 unspecified atom stereocenters. The summed E-state index contributed by atoms with van der Waals surface area (Å²) in [6.07, 6.45) is 3.92. The van der Waals surface area contributed by atoms with Gasteiger partial charge in [-0.05, 0) is 19.5 Å². The molecule has 0 saturated carbocycles. The van der Waals surface area contributed by atoms with Crippen LogP contribution in [0.1, 0.15) is 33.1 Å². The molecule has 0 heterocycles. The van der Waals surface area contributed by atoms with Crippen molar-refractivity contribution in [2.24, 2.45) is 5.73 Å². The van der Waals surface area contributed by atoms with Crippen molar-refractivity contribution in [1.82, 2.24) is 4.90 Å². The smallest absolute Gasteiger partial charge is 0.0455 e. The van der Waals surface area contributed by atoms with Gasteiger partial charge in [0, 0.05) is 6.67 Å². The summed E-state index contributed by atoms with van der Waals surface area (Å²) in [7, 11) is 0. The Kier molecular flexibility index (Phi) is 6.98. The maximum absolute atomic E-state index is 5.49. The van der Waals surface area contributed by atoms with E-state index in [1.807, 2.05) is 0 Å². The monoisotopic (exact) mass is 144 g/mol. The van der Waals surface area contributed by atoms with Crippen LogP contribution in [0.2, 0.25) is 0 Å². The molecule has 0 amide bonds. The van der Waals surface area contributed by atoms with Crippen molar-refractivity contribution in [1.29, 1.82) is 0 Å². The van der Waals surface area contributed by atoms with Gasteiger partial charge in [-0.3, -0.25) is 4.90 Å². The van der Waals surface area contributed by atoms with E-state index in [4.69, 9.17) is 5.73 Å². The SMILES string of the molecule is CCCCCN(CC)CN. The van der Waals surface area contributed by atoms with E-state index in [9.17, 15) is 0 Å². The molecule has 0 spiro atoms. The zero-order valence-corrected chi connectivity index (χ0v) is 7.27. The van der Waals surface area contributed by atoms with Gasteiger partial charge in [-0.25, -0.2) is 0 Å². The van der Waals surface area contributed by atoms with E-state index in [2.05, 4.69) is 18.7 Å². The standard InChI is InChI=1S/C8H20N2/c1-3-5-6-7-10(4-2)8-9/h3-9H2,1-2H3. The number of hydrogen-bond acceptors (Lipinski definition) is 2. The average molecular weight is 144 g/mol. The molecular weight excluding hydrogens is 124 g/mol. The normalized spacial score (nSPS) is 10.8. The lowest BCUT2D eigenvalue weighted by Gasteiger charge is -2.16. The van der Waals surface area contributed by atoms with E-state index in [-0.39, 0.29) is 0 Å². The van der Waals surface area contributed by atoms with Crippen LogP contribution in [0, 0.1) is 0 Å². The first kappa shape index (κ1) is 9.92. The van der Waals surface area contributed by atoms with Gasteiger partial charge >= 0.3 is 0 Å². The topological polar surface area (TPSA) is 29.3 Å². The van der Waals surface area contributed by atoms with E-state index in [0.717, 1.165) is 6.54 Å². The minimum atomic E-state index is 0.709. The minimum absolute atomic E-state index is 0.709. The largest absolute Gasteiger partial charge is 0.318 e. The highest BCUT2D eigenvalue weighted by Gasteiger charge is 1.96. The van der Waals surface area contributed by atoms with Crippen LogP contribution in [0.15, 0.2) is 0 Å². The molecule has 2 heteroatoms. The van der Waals surface area contributed by atoms with Gasteiger partial charge in [0.2, 0.25) is 0 Å². The molecule has 10 heavy (non-hydrogen) atoms. The van der Waals surface area contributed by atoms with Crippen LogP contribution in [0.4, 0.5) is 0 Å². The first-order valence-electron chi connectivity index (χ1n) is 4.27. The van der Waals surface area contributed by atoms with Crippen molar-refractivity contribution in [3.05, 3.63) is 0 Å². The van der Waals surface area contributed by atoms with Gasteiger partial charge in [0.05, 0.1) is 0 Å². The van der Waals surface area contributed by atoms with Crippen molar-refractivity contribution in [2.75, 3.05) is 19.8 Å². The lowest BCUT2D eigenvalue weighted by Crippen LogP contribution is -2.30. The fraction of sp³-hybridized carbons (Fsp3) is 1.00. The number of hydrogen-bond donors (Lipinski definition) is 1. The van der Waals surface area contributed by atoms with Crippen molar-refractivity contribution < 1.29 is 0 Å². The van der Waals surface area contributed by atoms with Crippen molar-refractivity contribution in [3.8, 4) is 0 Å². The van der Waals surface area contributed by atoms with Crippen molar-refractivity contribution >= 4 is 0 Å². The zero-order valence-electron chi connectivity index (χ0n) is 7.27. The van der Waals surface area contributed by atoms with Crippen LogP contribution in [0.5, 0.6) is 0 Å². The molecule has 0 rings (SSSR count). The number of nitrogens with zero attached hydrogens (tertiary/aromatic N) is 1. The average Bonchev–Trinajstić information content (AvgIpc) is 1.99. The Balaban J connectivity index is 3.09. The van der Waals surface area contributed by atoms with Crippen LogP contribution in [-0.2, 0) is 0 Å².